The Morgan fingerprint density at radius 1 is 1.78 bits per heavy atom. The van der Waals surface area contributed by atoms with Crippen molar-refractivity contribution < 1.29 is 4.74 Å². The standard InChI is InChI=1S/C6H11NO2/c1-4(9-2)5-3-6(5)7-8/h4-6H,3H2,1-2H3. The molecule has 0 saturated heterocycles. The van der Waals surface area contributed by atoms with Gasteiger partial charge in [0.2, 0.25) is 0 Å². The molecule has 3 atom stereocenters. The van der Waals surface area contributed by atoms with Gasteiger partial charge in [-0.25, -0.2) is 0 Å². The van der Waals surface area contributed by atoms with E-state index < -0.39 is 0 Å². The maximum atomic E-state index is 9.89. The van der Waals surface area contributed by atoms with E-state index in [0.717, 1.165) is 6.42 Å². The third-order valence-electron chi connectivity index (χ3n) is 1.91. The molecule has 1 rings (SSSR count). The molecule has 0 radical (unpaired) electrons. The molecule has 1 aliphatic rings. The van der Waals surface area contributed by atoms with Crippen LogP contribution in [0, 0.1) is 10.8 Å². The van der Waals surface area contributed by atoms with Crippen molar-refractivity contribution in [3.8, 4) is 0 Å². The van der Waals surface area contributed by atoms with E-state index in [4.69, 9.17) is 4.74 Å². The number of hydrogen-bond acceptors (Lipinski definition) is 3. The van der Waals surface area contributed by atoms with Crippen LogP contribution in [0.25, 0.3) is 0 Å². The van der Waals surface area contributed by atoms with Gasteiger partial charge in [0.05, 0.1) is 12.1 Å². The first-order valence-electron chi connectivity index (χ1n) is 3.15. The molecule has 0 heterocycles. The van der Waals surface area contributed by atoms with E-state index in [0.29, 0.717) is 5.92 Å². The molecule has 52 valence electrons. The smallest absolute Gasteiger partial charge is 0.0977 e. The van der Waals surface area contributed by atoms with Gasteiger partial charge < -0.3 is 4.74 Å². The topological polar surface area (TPSA) is 38.7 Å². The lowest BCUT2D eigenvalue weighted by atomic mass is 10.2. The molecule has 0 aromatic rings. The molecule has 3 nitrogen and oxygen atoms in total. The second kappa shape index (κ2) is 2.43. The average Bonchev–Trinajstić information content (AvgIpc) is 2.64. The minimum absolute atomic E-state index is 0.0416. The Hall–Kier alpha value is -0.440. The number of nitrogens with zero attached hydrogens (tertiary/aromatic N) is 1. The lowest BCUT2D eigenvalue weighted by Gasteiger charge is -2.04. The summed E-state index contributed by atoms with van der Waals surface area (Å²) in [4.78, 5) is 9.89. The normalized spacial score (nSPS) is 35.8. The predicted molar refractivity (Wildman–Crippen MR) is 34.2 cm³/mol. The van der Waals surface area contributed by atoms with Crippen LogP contribution in [0.1, 0.15) is 13.3 Å². The second-order valence-corrected chi connectivity index (χ2v) is 2.51. The van der Waals surface area contributed by atoms with Crippen molar-refractivity contribution in [3.05, 3.63) is 4.91 Å². The third kappa shape index (κ3) is 1.27. The van der Waals surface area contributed by atoms with Crippen LogP contribution < -0.4 is 0 Å². The number of ether oxygens (including phenoxy) is 1. The SMILES string of the molecule is COC(C)C1CC1N=O. The van der Waals surface area contributed by atoms with Crippen molar-refractivity contribution in [1.29, 1.82) is 0 Å². The molecule has 3 unspecified atom stereocenters. The van der Waals surface area contributed by atoms with Gasteiger partial charge in [0.25, 0.3) is 0 Å². The molecule has 0 amide bonds. The molecule has 0 spiro atoms. The highest BCUT2D eigenvalue weighted by Crippen LogP contribution is 2.37. The van der Waals surface area contributed by atoms with E-state index in [1.807, 2.05) is 6.92 Å². The fourth-order valence-corrected chi connectivity index (χ4v) is 1.00. The first-order chi connectivity index (χ1) is 4.29. The quantitative estimate of drug-likeness (QED) is 0.536. The van der Waals surface area contributed by atoms with Crippen LogP contribution in [0.3, 0.4) is 0 Å². The van der Waals surface area contributed by atoms with Crippen LogP contribution in [-0.2, 0) is 4.74 Å². The Bertz CT molecular complexity index is 116. The van der Waals surface area contributed by atoms with Crippen LogP contribution in [-0.4, -0.2) is 19.3 Å². The number of rotatable bonds is 3. The second-order valence-electron chi connectivity index (χ2n) is 2.51. The van der Waals surface area contributed by atoms with Gasteiger partial charge in [-0.2, -0.15) is 4.91 Å². The monoisotopic (exact) mass is 129 g/mol. The Balaban J connectivity index is 2.24. The minimum Gasteiger partial charge on any atom is -0.381 e. The Labute approximate surface area is 54.4 Å². The summed E-state index contributed by atoms with van der Waals surface area (Å²) in [5.41, 5.74) is 0. The summed E-state index contributed by atoms with van der Waals surface area (Å²) >= 11 is 0. The summed E-state index contributed by atoms with van der Waals surface area (Å²) < 4.78 is 5.01. The van der Waals surface area contributed by atoms with Gasteiger partial charge >= 0.3 is 0 Å². The van der Waals surface area contributed by atoms with Gasteiger partial charge in [-0.05, 0) is 13.3 Å². The van der Waals surface area contributed by atoms with E-state index in [1.165, 1.54) is 0 Å². The highest BCUT2D eigenvalue weighted by atomic mass is 16.5. The van der Waals surface area contributed by atoms with Crippen LogP contribution in [0.15, 0.2) is 5.18 Å². The molecule has 0 aromatic heterocycles. The van der Waals surface area contributed by atoms with Crippen molar-refractivity contribution in [3.63, 3.8) is 0 Å². The molecule has 1 saturated carbocycles. The lowest BCUT2D eigenvalue weighted by Crippen LogP contribution is -2.09. The Morgan fingerprint density at radius 2 is 2.44 bits per heavy atom. The van der Waals surface area contributed by atoms with Gasteiger partial charge in [-0.15, -0.1) is 0 Å². The molecular formula is C6H11NO2. The van der Waals surface area contributed by atoms with E-state index >= 15 is 0 Å². The summed E-state index contributed by atoms with van der Waals surface area (Å²) in [5, 5.41) is 2.92. The van der Waals surface area contributed by atoms with Crippen molar-refractivity contribution in [2.45, 2.75) is 25.5 Å². The van der Waals surface area contributed by atoms with Crippen LogP contribution >= 0.6 is 0 Å². The van der Waals surface area contributed by atoms with E-state index in [9.17, 15) is 4.91 Å². The zero-order valence-corrected chi connectivity index (χ0v) is 5.70. The Kier molecular flexibility index (Phi) is 1.81. The average molecular weight is 129 g/mol. The fraction of sp³-hybridized carbons (Fsp3) is 1.00. The number of hydrogen-bond donors (Lipinski definition) is 0. The molecule has 1 fully saturated rings. The van der Waals surface area contributed by atoms with Crippen LogP contribution in [0.5, 0.6) is 0 Å². The molecule has 3 heteroatoms. The maximum Gasteiger partial charge on any atom is 0.0977 e. The van der Waals surface area contributed by atoms with Gasteiger partial charge in [0.15, 0.2) is 0 Å². The van der Waals surface area contributed by atoms with Crippen molar-refractivity contribution >= 4 is 0 Å². The first-order valence-corrected chi connectivity index (χ1v) is 3.15. The van der Waals surface area contributed by atoms with Crippen LogP contribution in [0.4, 0.5) is 0 Å². The largest absolute Gasteiger partial charge is 0.381 e. The van der Waals surface area contributed by atoms with E-state index in [2.05, 4.69) is 5.18 Å². The lowest BCUT2D eigenvalue weighted by molar-refractivity contribution is 0.0986. The van der Waals surface area contributed by atoms with Crippen LogP contribution in [0.2, 0.25) is 0 Å². The highest BCUT2D eigenvalue weighted by Gasteiger charge is 2.42. The number of nitroso groups, excluding NO2 is 1. The molecular weight excluding hydrogens is 118 g/mol. The number of methoxy groups -OCH3 is 1. The minimum atomic E-state index is 0.0416. The summed E-state index contributed by atoms with van der Waals surface area (Å²) in [6.45, 7) is 1.97. The zero-order valence-electron chi connectivity index (χ0n) is 5.70. The predicted octanol–water partition coefficient (Wildman–Crippen LogP) is 1.18. The first kappa shape index (κ1) is 6.68. The molecule has 1 aliphatic carbocycles. The third-order valence-corrected chi connectivity index (χ3v) is 1.91. The maximum absolute atomic E-state index is 9.89. The van der Waals surface area contributed by atoms with Crippen molar-refractivity contribution in [2.24, 2.45) is 11.1 Å². The summed E-state index contributed by atoms with van der Waals surface area (Å²) in [7, 11) is 1.66. The molecule has 0 N–H and O–H groups in total. The summed E-state index contributed by atoms with van der Waals surface area (Å²) in [5.74, 6) is 0.396. The van der Waals surface area contributed by atoms with E-state index in [1.54, 1.807) is 7.11 Å². The van der Waals surface area contributed by atoms with Crippen molar-refractivity contribution in [2.75, 3.05) is 7.11 Å². The Morgan fingerprint density at radius 3 is 2.78 bits per heavy atom. The van der Waals surface area contributed by atoms with Crippen molar-refractivity contribution in [1.82, 2.24) is 0 Å². The van der Waals surface area contributed by atoms with E-state index in [-0.39, 0.29) is 12.1 Å². The highest BCUT2D eigenvalue weighted by molar-refractivity contribution is 4.96. The van der Waals surface area contributed by atoms with Gasteiger partial charge in [-0.1, -0.05) is 5.18 Å². The zero-order chi connectivity index (χ0) is 6.85. The summed E-state index contributed by atoms with van der Waals surface area (Å²) in [6, 6.07) is 0.0416. The fourth-order valence-electron chi connectivity index (χ4n) is 1.00. The summed E-state index contributed by atoms with van der Waals surface area (Å²) in [6.07, 6.45) is 1.12. The van der Waals surface area contributed by atoms with Gasteiger partial charge in [0.1, 0.15) is 0 Å². The molecule has 0 bridgehead atoms. The van der Waals surface area contributed by atoms with Gasteiger partial charge in [-0.3, -0.25) is 0 Å². The molecule has 0 aromatic carbocycles. The molecule has 9 heavy (non-hydrogen) atoms. The van der Waals surface area contributed by atoms with Gasteiger partial charge in [0, 0.05) is 13.0 Å². The molecule has 0 aliphatic heterocycles.